The molecule has 0 aliphatic carbocycles. The molecule has 8 nitrogen and oxygen atoms in total. The van der Waals surface area contributed by atoms with Crippen molar-refractivity contribution in [3.05, 3.63) is 76.0 Å². The van der Waals surface area contributed by atoms with Crippen molar-refractivity contribution in [2.45, 2.75) is 18.4 Å². The van der Waals surface area contributed by atoms with Gasteiger partial charge < -0.3 is 14.6 Å². The zero-order valence-electron chi connectivity index (χ0n) is 16.0. The Morgan fingerprint density at radius 1 is 1.27 bits per heavy atom. The van der Waals surface area contributed by atoms with Gasteiger partial charge in [0, 0.05) is 36.5 Å². The van der Waals surface area contributed by atoms with Gasteiger partial charge in [-0.25, -0.2) is 19.3 Å². The number of nitrogens with one attached hydrogen (secondary N) is 1. The number of carbonyl (C=O) groups is 1. The van der Waals surface area contributed by atoms with Crippen molar-refractivity contribution in [2.24, 2.45) is 0 Å². The van der Waals surface area contributed by atoms with Crippen molar-refractivity contribution in [1.29, 1.82) is 0 Å². The third kappa shape index (κ3) is 3.17. The van der Waals surface area contributed by atoms with Gasteiger partial charge in [-0.15, -0.1) is 0 Å². The van der Waals surface area contributed by atoms with E-state index in [-0.39, 0.29) is 22.8 Å². The van der Waals surface area contributed by atoms with Gasteiger partial charge in [-0.2, -0.15) is 0 Å². The zero-order chi connectivity index (χ0) is 20.7. The molecule has 1 fully saturated rings. The minimum absolute atomic E-state index is 0.0507. The number of benzene rings is 1. The zero-order valence-corrected chi connectivity index (χ0v) is 16.0. The number of amides is 1. The highest BCUT2D eigenvalue weighted by molar-refractivity contribution is 5.93. The van der Waals surface area contributed by atoms with Crippen LogP contribution in [0.4, 0.5) is 4.39 Å². The van der Waals surface area contributed by atoms with Crippen molar-refractivity contribution < 1.29 is 13.9 Å². The van der Waals surface area contributed by atoms with Gasteiger partial charge in [-0.05, 0) is 30.7 Å². The van der Waals surface area contributed by atoms with E-state index in [0.29, 0.717) is 38.3 Å². The Labute approximate surface area is 170 Å². The highest BCUT2D eigenvalue weighted by Crippen LogP contribution is 2.38. The number of rotatable bonds is 2. The lowest BCUT2D eigenvalue weighted by molar-refractivity contribution is 0.0483. The Morgan fingerprint density at radius 3 is 2.93 bits per heavy atom. The van der Waals surface area contributed by atoms with Gasteiger partial charge >= 0.3 is 0 Å². The second kappa shape index (κ2) is 7.10. The molecule has 9 heteroatoms. The molecule has 0 saturated carbocycles. The van der Waals surface area contributed by atoms with E-state index in [4.69, 9.17) is 4.74 Å². The summed E-state index contributed by atoms with van der Waals surface area (Å²) in [7, 11) is 0. The number of hydrogen-bond acceptors (Lipinski definition) is 6. The standard InChI is InChI=1S/C21H18FN5O3/c22-15-3-1-13(2-4-15)19-25-16(7-17(28)26-19)20(29)27-6-5-21(10-27)11-30-9-14-8-23-12-24-18(14)21/h1-4,7-8,12H,5-6,9-11H2,(H,25,26,28). The molecule has 2 aromatic heterocycles. The van der Waals surface area contributed by atoms with Gasteiger partial charge in [0.05, 0.1) is 24.3 Å². The number of fused-ring (bicyclic) bond motifs is 2. The first-order valence-corrected chi connectivity index (χ1v) is 9.58. The molecule has 0 bridgehead atoms. The number of H-pyrrole nitrogens is 1. The van der Waals surface area contributed by atoms with E-state index in [0.717, 1.165) is 11.3 Å². The van der Waals surface area contributed by atoms with E-state index in [1.807, 2.05) is 0 Å². The van der Waals surface area contributed by atoms with Gasteiger partial charge in [0.2, 0.25) is 0 Å². The monoisotopic (exact) mass is 407 g/mol. The quantitative estimate of drug-likeness (QED) is 0.694. The lowest BCUT2D eigenvalue weighted by Gasteiger charge is -2.33. The molecule has 30 heavy (non-hydrogen) atoms. The summed E-state index contributed by atoms with van der Waals surface area (Å²) in [5.41, 5.74) is 1.60. The average Bonchev–Trinajstić information content (AvgIpc) is 3.18. The van der Waals surface area contributed by atoms with Gasteiger partial charge in [0.1, 0.15) is 23.7 Å². The van der Waals surface area contributed by atoms with Crippen molar-refractivity contribution in [1.82, 2.24) is 24.8 Å². The van der Waals surface area contributed by atoms with Crippen LogP contribution in [0.2, 0.25) is 0 Å². The van der Waals surface area contributed by atoms with Crippen LogP contribution >= 0.6 is 0 Å². The molecule has 2 aliphatic rings. The fourth-order valence-electron chi connectivity index (χ4n) is 4.20. The predicted octanol–water partition coefficient (Wildman–Crippen LogP) is 1.68. The van der Waals surface area contributed by atoms with E-state index in [9.17, 15) is 14.0 Å². The van der Waals surface area contributed by atoms with Crippen LogP contribution in [0, 0.1) is 5.82 Å². The van der Waals surface area contributed by atoms with Crippen LogP contribution < -0.4 is 5.56 Å². The SMILES string of the molecule is O=C(c1cc(=O)[nH]c(-c2ccc(F)cc2)n1)N1CCC2(COCc3cncnc32)C1. The smallest absolute Gasteiger partial charge is 0.272 e. The molecule has 3 aromatic rings. The fourth-order valence-corrected chi connectivity index (χ4v) is 4.20. The molecule has 1 aromatic carbocycles. The van der Waals surface area contributed by atoms with E-state index < -0.39 is 11.4 Å². The Balaban J connectivity index is 1.44. The topological polar surface area (TPSA) is 101 Å². The Hall–Kier alpha value is -3.46. The summed E-state index contributed by atoms with van der Waals surface area (Å²) in [4.78, 5) is 42.4. The second-order valence-corrected chi connectivity index (χ2v) is 7.63. The molecule has 2 aliphatic heterocycles. The van der Waals surface area contributed by atoms with E-state index >= 15 is 0 Å². The summed E-state index contributed by atoms with van der Waals surface area (Å²) < 4.78 is 19.0. The summed E-state index contributed by atoms with van der Waals surface area (Å²) in [6.45, 7) is 1.87. The highest BCUT2D eigenvalue weighted by atomic mass is 19.1. The van der Waals surface area contributed by atoms with Crippen LogP contribution in [0.3, 0.4) is 0 Å². The summed E-state index contributed by atoms with van der Waals surface area (Å²) >= 11 is 0. The van der Waals surface area contributed by atoms with Crippen molar-refractivity contribution in [3.63, 3.8) is 0 Å². The second-order valence-electron chi connectivity index (χ2n) is 7.63. The lowest BCUT2D eigenvalue weighted by Crippen LogP contribution is -2.41. The molecule has 1 amide bonds. The number of aromatic nitrogens is 4. The largest absolute Gasteiger partial charge is 0.376 e. The molecular weight excluding hydrogens is 389 g/mol. The molecular formula is C21H18FN5O3. The lowest BCUT2D eigenvalue weighted by atomic mass is 9.81. The van der Waals surface area contributed by atoms with E-state index in [1.165, 1.54) is 36.7 Å². The Morgan fingerprint density at radius 2 is 2.10 bits per heavy atom. The maximum atomic E-state index is 13.2. The van der Waals surface area contributed by atoms with Crippen molar-refractivity contribution in [2.75, 3.05) is 19.7 Å². The first-order valence-electron chi connectivity index (χ1n) is 9.58. The summed E-state index contributed by atoms with van der Waals surface area (Å²) in [6.07, 6.45) is 3.97. The number of likely N-dealkylation sites (tertiary alicyclic amines) is 1. The summed E-state index contributed by atoms with van der Waals surface area (Å²) in [6, 6.07) is 6.74. The van der Waals surface area contributed by atoms with Crippen molar-refractivity contribution in [3.8, 4) is 11.4 Å². The minimum Gasteiger partial charge on any atom is -0.376 e. The van der Waals surface area contributed by atoms with Crippen LogP contribution in [-0.2, 0) is 16.8 Å². The number of halogens is 1. The van der Waals surface area contributed by atoms with Gasteiger partial charge in [-0.3, -0.25) is 9.59 Å². The molecule has 1 unspecified atom stereocenters. The fraction of sp³-hybridized carbons (Fsp3) is 0.286. The van der Waals surface area contributed by atoms with Crippen LogP contribution in [0.1, 0.15) is 28.2 Å². The summed E-state index contributed by atoms with van der Waals surface area (Å²) in [5.74, 6) is -0.504. The maximum absolute atomic E-state index is 13.2. The first-order chi connectivity index (χ1) is 14.5. The Bertz CT molecular complexity index is 1180. The third-order valence-corrected chi connectivity index (χ3v) is 5.65. The molecule has 0 radical (unpaired) electrons. The molecule has 4 heterocycles. The van der Waals surface area contributed by atoms with E-state index in [2.05, 4.69) is 19.9 Å². The number of carbonyl (C=O) groups excluding carboxylic acids is 1. The first kappa shape index (κ1) is 18.6. The highest BCUT2D eigenvalue weighted by Gasteiger charge is 2.46. The van der Waals surface area contributed by atoms with Crippen LogP contribution in [0.5, 0.6) is 0 Å². The predicted molar refractivity (Wildman–Crippen MR) is 104 cm³/mol. The van der Waals surface area contributed by atoms with Gasteiger partial charge in [0.15, 0.2) is 0 Å². The molecule has 1 N–H and O–H groups in total. The average molecular weight is 407 g/mol. The van der Waals surface area contributed by atoms with E-state index in [1.54, 1.807) is 11.1 Å². The molecule has 1 spiro atoms. The maximum Gasteiger partial charge on any atom is 0.272 e. The molecule has 1 saturated heterocycles. The molecule has 152 valence electrons. The number of nitrogens with zero attached hydrogens (tertiary/aromatic N) is 4. The minimum atomic E-state index is -0.444. The number of hydrogen-bond donors (Lipinski definition) is 1. The number of ether oxygens (including phenoxy) is 1. The molecule has 5 rings (SSSR count). The summed E-state index contributed by atoms with van der Waals surface area (Å²) in [5, 5.41) is 0. The normalized spacial score (nSPS) is 20.4. The Kier molecular flexibility index (Phi) is 4.39. The third-order valence-electron chi connectivity index (χ3n) is 5.65. The number of aromatic amines is 1. The van der Waals surface area contributed by atoms with Gasteiger partial charge in [0.25, 0.3) is 11.5 Å². The van der Waals surface area contributed by atoms with Crippen LogP contribution in [0.15, 0.2) is 47.7 Å². The van der Waals surface area contributed by atoms with Crippen LogP contribution in [0.25, 0.3) is 11.4 Å². The van der Waals surface area contributed by atoms with Crippen molar-refractivity contribution >= 4 is 5.91 Å². The molecule has 1 atom stereocenters. The van der Waals surface area contributed by atoms with Gasteiger partial charge in [-0.1, -0.05) is 0 Å². The van der Waals surface area contributed by atoms with Crippen LogP contribution in [-0.4, -0.2) is 50.4 Å².